The molecular weight excluding hydrogens is 324 g/mol. The average Bonchev–Trinajstić information content (AvgIpc) is 3.09. The van der Waals surface area contributed by atoms with Crippen LogP contribution in [-0.2, 0) is 4.79 Å². The zero-order valence-corrected chi connectivity index (χ0v) is 13.8. The van der Waals surface area contributed by atoms with Gasteiger partial charge in [-0.05, 0) is 29.8 Å². The lowest BCUT2D eigenvalue weighted by molar-refractivity contribution is -0.117. The summed E-state index contributed by atoms with van der Waals surface area (Å²) in [7, 11) is 1.62. The fourth-order valence-corrected chi connectivity index (χ4v) is 3.06. The smallest absolute Gasteiger partial charge is 0.235 e. The molecule has 0 saturated heterocycles. The van der Waals surface area contributed by atoms with Gasteiger partial charge in [0.25, 0.3) is 0 Å². The first kappa shape index (κ1) is 16.1. The highest BCUT2D eigenvalue weighted by Gasteiger charge is 2.21. The van der Waals surface area contributed by atoms with E-state index >= 15 is 0 Å². The third-order valence-corrected chi connectivity index (χ3v) is 4.55. The van der Waals surface area contributed by atoms with Gasteiger partial charge in [0.2, 0.25) is 11.1 Å². The Labute approximate surface area is 143 Å². The molecule has 122 valence electrons. The minimum atomic E-state index is -0.536. The number of nitrogens with zero attached hydrogens (tertiary/aromatic N) is 2. The van der Waals surface area contributed by atoms with Crippen LogP contribution in [0.25, 0.3) is 11.4 Å². The maximum absolute atomic E-state index is 11.8. The Morgan fingerprint density at radius 3 is 2.50 bits per heavy atom. The maximum Gasteiger partial charge on any atom is 0.235 e. The Kier molecular flexibility index (Phi) is 4.81. The van der Waals surface area contributed by atoms with Gasteiger partial charge in [-0.1, -0.05) is 42.1 Å². The molecular formula is C17H16N4O2S. The van der Waals surface area contributed by atoms with Crippen molar-refractivity contribution < 1.29 is 9.53 Å². The van der Waals surface area contributed by atoms with Crippen LogP contribution in [0.1, 0.15) is 10.8 Å². The summed E-state index contributed by atoms with van der Waals surface area (Å²) in [6, 6.07) is 16.8. The summed E-state index contributed by atoms with van der Waals surface area (Å²) >= 11 is 1.22. The molecule has 0 aliphatic rings. The number of hydrogen-bond donors (Lipinski definition) is 2. The topological polar surface area (TPSA) is 93.9 Å². The molecule has 1 heterocycles. The fraction of sp³-hybridized carbons (Fsp3) is 0.118. The van der Waals surface area contributed by atoms with E-state index in [1.54, 1.807) is 7.11 Å². The summed E-state index contributed by atoms with van der Waals surface area (Å²) in [4.78, 5) is 16.2. The Hall–Kier alpha value is -2.80. The van der Waals surface area contributed by atoms with Gasteiger partial charge in [-0.3, -0.25) is 9.89 Å². The van der Waals surface area contributed by atoms with Gasteiger partial charge in [0, 0.05) is 5.56 Å². The predicted molar refractivity (Wildman–Crippen MR) is 92.6 cm³/mol. The molecule has 1 unspecified atom stereocenters. The van der Waals surface area contributed by atoms with Crippen LogP contribution < -0.4 is 10.5 Å². The normalized spacial score (nSPS) is 11.9. The lowest BCUT2D eigenvalue weighted by Gasteiger charge is -2.10. The number of H-pyrrole nitrogens is 1. The minimum Gasteiger partial charge on any atom is -0.497 e. The van der Waals surface area contributed by atoms with Crippen LogP contribution in [0.5, 0.6) is 5.75 Å². The zero-order chi connectivity index (χ0) is 16.9. The lowest BCUT2D eigenvalue weighted by atomic mass is 10.1. The molecule has 0 bridgehead atoms. The highest BCUT2D eigenvalue weighted by Crippen LogP contribution is 2.33. The summed E-state index contributed by atoms with van der Waals surface area (Å²) < 4.78 is 5.14. The molecule has 3 N–H and O–H groups in total. The van der Waals surface area contributed by atoms with E-state index in [0.29, 0.717) is 11.0 Å². The number of nitrogens with two attached hydrogens (primary N) is 1. The minimum absolute atomic E-state index is 0.429. The average molecular weight is 340 g/mol. The summed E-state index contributed by atoms with van der Waals surface area (Å²) in [5, 5.41) is 6.98. The van der Waals surface area contributed by atoms with Gasteiger partial charge in [-0.15, -0.1) is 5.10 Å². The molecule has 0 fully saturated rings. The second-order valence-corrected chi connectivity index (χ2v) is 6.08. The number of aromatic amines is 1. The quantitative estimate of drug-likeness (QED) is 0.673. The number of carbonyl (C=O) groups is 1. The van der Waals surface area contributed by atoms with E-state index in [1.165, 1.54) is 11.8 Å². The van der Waals surface area contributed by atoms with Crippen LogP contribution in [0.2, 0.25) is 0 Å². The van der Waals surface area contributed by atoms with Gasteiger partial charge in [0.1, 0.15) is 11.0 Å². The molecule has 1 aromatic heterocycles. The number of amides is 1. The number of benzene rings is 2. The number of rotatable bonds is 6. The monoisotopic (exact) mass is 340 g/mol. The predicted octanol–water partition coefficient (Wildman–Crippen LogP) is 2.80. The zero-order valence-electron chi connectivity index (χ0n) is 13.0. The van der Waals surface area contributed by atoms with Gasteiger partial charge < -0.3 is 10.5 Å². The van der Waals surface area contributed by atoms with E-state index in [-0.39, 0.29) is 0 Å². The molecule has 24 heavy (non-hydrogen) atoms. The van der Waals surface area contributed by atoms with Crippen LogP contribution in [-0.4, -0.2) is 28.2 Å². The van der Waals surface area contributed by atoms with Crippen molar-refractivity contribution in [1.82, 2.24) is 15.2 Å². The van der Waals surface area contributed by atoms with Crippen LogP contribution in [0.15, 0.2) is 59.8 Å². The number of hydrogen-bond acceptors (Lipinski definition) is 5. The molecule has 1 amide bonds. The molecule has 3 rings (SSSR count). The van der Waals surface area contributed by atoms with Crippen molar-refractivity contribution in [3.8, 4) is 17.1 Å². The Morgan fingerprint density at radius 1 is 1.17 bits per heavy atom. The molecule has 0 aliphatic heterocycles. The van der Waals surface area contributed by atoms with Crippen molar-refractivity contribution in [2.24, 2.45) is 5.73 Å². The first-order valence-corrected chi connectivity index (χ1v) is 8.13. The summed E-state index contributed by atoms with van der Waals surface area (Å²) in [5.74, 6) is 0.962. The molecule has 0 spiro atoms. The van der Waals surface area contributed by atoms with E-state index in [2.05, 4.69) is 15.2 Å². The second kappa shape index (κ2) is 7.18. The van der Waals surface area contributed by atoms with Gasteiger partial charge in [-0.2, -0.15) is 0 Å². The van der Waals surface area contributed by atoms with Crippen molar-refractivity contribution in [2.45, 2.75) is 10.4 Å². The number of primary amides is 1. The third kappa shape index (κ3) is 3.57. The second-order valence-electron chi connectivity index (χ2n) is 5.01. The van der Waals surface area contributed by atoms with Crippen molar-refractivity contribution in [2.75, 3.05) is 7.11 Å². The number of aromatic nitrogens is 3. The SMILES string of the molecule is COc1ccc(-c2nc(SC(C(N)=O)c3ccccc3)n[nH]2)cc1. The lowest BCUT2D eigenvalue weighted by Crippen LogP contribution is -2.19. The number of carbonyl (C=O) groups excluding carboxylic acids is 1. The summed E-state index contributed by atoms with van der Waals surface area (Å²) in [6.07, 6.45) is 0. The molecule has 1 atom stereocenters. The van der Waals surface area contributed by atoms with Crippen LogP contribution in [0.4, 0.5) is 0 Å². The maximum atomic E-state index is 11.8. The van der Waals surface area contributed by atoms with Crippen molar-refractivity contribution in [1.29, 1.82) is 0 Å². The van der Waals surface area contributed by atoms with Crippen molar-refractivity contribution in [3.63, 3.8) is 0 Å². The van der Waals surface area contributed by atoms with Crippen molar-refractivity contribution >= 4 is 17.7 Å². The number of nitrogens with one attached hydrogen (secondary N) is 1. The first-order chi connectivity index (χ1) is 11.7. The standard InChI is InChI=1S/C17H16N4O2S/c1-23-13-9-7-12(8-10-13)16-19-17(21-20-16)24-14(15(18)22)11-5-3-2-4-6-11/h2-10,14H,1H3,(H2,18,22)(H,19,20,21). The summed E-state index contributed by atoms with van der Waals surface area (Å²) in [5.41, 5.74) is 7.23. The van der Waals surface area contributed by atoms with Gasteiger partial charge in [0.15, 0.2) is 5.82 Å². The summed E-state index contributed by atoms with van der Waals surface area (Å²) in [6.45, 7) is 0. The molecule has 2 aromatic carbocycles. The Balaban J connectivity index is 1.80. The van der Waals surface area contributed by atoms with Crippen LogP contribution >= 0.6 is 11.8 Å². The third-order valence-electron chi connectivity index (χ3n) is 3.41. The highest BCUT2D eigenvalue weighted by atomic mass is 32.2. The fourth-order valence-electron chi connectivity index (χ4n) is 2.20. The van der Waals surface area contributed by atoms with Crippen LogP contribution in [0.3, 0.4) is 0 Å². The Bertz CT molecular complexity index is 818. The van der Waals surface area contributed by atoms with Crippen LogP contribution in [0, 0.1) is 0 Å². The largest absolute Gasteiger partial charge is 0.497 e. The number of ether oxygens (including phenoxy) is 1. The molecule has 3 aromatic rings. The molecule has 0 aliphatic carbocycles. The van der Waals surface area contributed by atoms with Crippen molar-refractivity contribution in [3.05, 3.63) is 60.2 Å². The van der Waals surface area contributed by atoms with E-state index in [1.807, 2.05) is 54.6 Å². The molecule has 7 heteroatoms. The number of thioether (sulfide) groups is 1. The number of methoxy groups -OCH3 is 1. The molecule has 0 radical (unpaired) electrons. The highest BCUT2D eigenvalue weighted by molar-refractivity contribution is 8.00. The molecule has 6 nitrogen and oxygen atoms in total. The van der Waals surface area contributed by atoms with E-state index in [9.17, 15) is 4.79 Å². The van der Waals surface area contributed by atoms with Gasteiger partial charge >= 0.3 is 0 Å². The molecule has 0 saturated carbocycles. The van der Waals surface area contributed by atoms with Gasteiger partial charge in [-0.25, -0.2) is 4.98 Å². The van der Waals surface area contributed by atoms with E-state index < -0.39 is 11.2 Å². The van der Waals surface area contributed by atoms with E-state index in [0.717, 1.165) is 16.9 Å². The van der Waals surface area contributed by atoms with Gasteiger partial charge in [0.05, 0.1) is 7.11 Å². The first-order valence-electron chi connectivity index (χ1n) is 7.25. The van der Waals surface area contributed by atoms with E-state index in [4.69, 9.17) is 10.5 Å². The Morgan fingerprint density at radius 2 is 1.88 bits per heavy atom.